The van der Waals surface area contributed by atoms with Gasteiger partial charge in [0.25, 0.3) is 11.5 Å². The van der Waals surface area contributed by atoms with Crippen LogP contribution in [-0.4, -0.2) is 27.3 Å². The van der Waals surface area contributed by atoms with Crippen LogP contribution in [0.4, 0.5) is 5.69 Å². The first-order chi connectivity index (χ1) is 14.8. The van der Waals surface area contributed by atoms with Gasteiger partial charge in [-0.2, -0.15) is 0 Å². The fourth-order valence-corrected chi connectivity index (χ4v) is 3.47. The highest BCUT2D eigenvalue weighted by Gasteiger charge is 2.27. The largest absolute Gasteiger partial charge is 0.452 e. The van der Waals surface area contributed by atoms with E-state index in [9.17, 15) is 14.4 Å². The minimum atomic E-state index is -1.05. The van der Waals surface area contributed by atoms with E-state index in [0.29, 0.717) is 17.8 Å². The summed E-state index contributed by atoms with van der Waals surface area (Å²) in [5.41, 5.74) is 1.93. The van der Waals surface area contributed by atoms with E-state index >= 15 is 0 Å². The van der Waals surface area contributed by atoms with Gasteiger partial charge in [0.2, 0.25) is 0 Å². The highest BCUT2D eigenvalue weighted by atomic mass is 16.5. The van der Waals surface area contributed by atoms with Gasteiger partial charge < -0.3 is 10.1 Å². The number of anilines is 1. The number of esters is 1. The summed E-state index contributed by atoms with van der Waals surface area (Å²) in [5, 5.41) is 2.64. The highest BCUT2D eigenvalue weighted by Crippen LogP contribution is 2.22. The predicted octanol–water partition coefficient (Wildman–Crippen LogP) is 3.55. The minimum absolute atomic E-state index is 0.161. The number of rotatable bonds is 7. The number of hydrogen-bond acceptors (Lipinski definition) is 4. The van der Waals surface area contributed by atoms with E-state index in [-0.39, 0.29) is 11.2 Å². The van der Waals surface area contributed by atoms with Crippen molar-refractivity contribution in [2.24, 2.45) is 7.05 Å². The molecule has 3 rings (SSSR count). The van der Waals surface area contributed by atoms with Crippen molar-refractivity contribution in [3.8, 4) is 5.69 Å². The number of nitrogens with one attached hydrogen (secondary N) is 1. The van der Waals surface area contributed by atoms with Crippen LogP contribution in [-0.2, 0) is 21.4 Å². The molecule has 0 aliphatic carbocycles. The Labute approximate surface area is 181 Å². The monoisotopic (exact) mass is 421 g/mol. The molecule has 1 N–H and O–H groups in total. The number of nitrogens with zero attached hydrogens (tertiary/aromatic N) is 2. The number of amides is 1. The smallest absolute Gasteiger partial charge is 0.314 e. The summed E-state index contributed by atoms with van der Waals surface area (Å²) in [6, 6.07) is 18.5. The maximum Gasteiger partial charge on any atom is 0.314 e. The Morgan fingerprint density at radius 2 is 1.61 bits per heavy atom. The lowest BCUT2D eigenvalue weighted by Gasteiger charge is -2.18. The predicted molar refractivity (Wildman–Crippen MR) is 119 cm³/mol. The summed E-state index contributed by atoms with van der Waals surface area (Å²) in [6.07, 6.45) is -0.494. The van der Waals surface area contributed by atoms with Crippen LogP contribution in [0.2, 0.25) is 0 Å². The summed E-state index contributed by atoms with van der Waals surface area (Å²) in [6.45, 7) is 5.14. The molecule has 2 atom stereocenters. The molecule has 1 aromatic heterocycles. The Balaban J connectivity index is 1.76. The topological polar surface area (TPSA) is 82.3 Å². The minimum Gasteiger partial charge on any atom is -0.452 e. The van der Waals surface area contributed by atoms with Crippen molar-refractivity contribution >= 4 is 17.6 Å². The third kappa shape index (κ3) is 4.60. The van der Waals surface area contributed by atoms with Crippen molar-refractivity contribution in [3.63, 3.8) is 0 Å². The van der Waals surface area contributed by atoms with Crippen molar-refractivity contribution in [1.29, 1.82) is 0 Å². The Bertz CT molecular complexity index is 1120. The first-order valence-electron chi connectivity index (χ1n) is 10.3. The van der Waals surface area contributed by atoms with Crippen LogP contribution in [0.5, 0.6) is 0 Å². The molecule has 1 heterocycles. The maximum atomic E-state index is 13.0. The quantitative estimate of drug-likeness (QED) is 0.592. The van der Waals surface area contributed by atoms with Crippen molar-refractivity contribution in [2.75, 3.05) is 5.32 Å². The third-order valence-corrected chi connectivity index (χ3v) is 5.36. The van der Waals surface area contributed by atoms with Crippen molar-refractivity contribution in [2.45, 2.75) is 39.2 Å². The van der Waals surface area contributed by atoms with E-state index in [4.69, 9.17) is 4.74 Å². The first-order valence-corrected chi connectivity index (χ1v) is 10.3. The molecule has 0 radical (unpaired) electrons. The number of aromatic nitrogens is 2. The van der Waals surface area contributed by atoms with Crippen molar-refractivity contribution in [3.05, 3.63) is 82.3 Å². The van der Waals surface area contributed by atoms with Crippen molar-refractivity contribution < 1.29 is 14.3 Å². The van der Waals surface area contributed by atoms with E-state index in [2.05, 4.69) is 5.32 Å². The normalized spacial score (nSPS) is 12.8. The number of para-hydroxylation sites is 1. The standard InChI is InChI=1S/C24H27N3O4/c1-5-20(18-12-8-6-9-13-18)24(30)31-17(3)22(28)25-21-16(2)26(4)27(23(21)29)19-14-10-7-11-15-19/h6-15,17,20H,5H2,1-4H3,(H,25,28)/t17-,20-/m0/s1. The number of hydrogen-bond donors (Lipinski definition) is 1. The molecule has 162 valence electrons. The lowest BCUT2D eigenvalue weighted by atomic mass is 9.97. The summed E-state index contributed by atoms with van der Waals surface area (Å²) < 4.78 is 8.58. The Morgan fingerprint density at radius 3 is 2.19 bits per heavy atom. The van der Waals surface area contributed by atoms with Gasteiger partial charge in [0.05, 0.1) is 17.3 Å². The second-order valence-electron chi connectivity index (χ2n) is 7.38. The molecular formula is C24H27N3O4. The zero-order chi connectivity index (χ0) is 22.5. The summed E-state index contributed by atoms with van der Waals surface area (Å²) >= 11 is 0. The molecule has 7 nitrogen and oxygen atoms in total. The van der Waals surface area contributed by atoms with E-state index in [1.54, 1.807) is 18.7 Å². The van der Waals surface area contributed by atoms with Crippen LogP contribution in [0.1, 0.15) is 37.4 Å². The molecule has 1 amide bonds. The SMILES string of the molecule is CC[C@H](C(=O)O[C@@H](C)C(=O)Nc1c(C)n(C)n(-c2ccccc2)c1=O)c1ccccc1. The maximum absolute atomic E-state index is 13.0. The van der Waals surface area contributed by atoms with Gasteiger partial charge in [-0.1, -0.05) is 55.5 Å². The lowest BCUT2D eigenvalue weighted by molar-refractivity contribution is -0.154. The Kier molecular flexibility index (Phi) is 6.74. The summed E-state index contributed by atoms with van der Waals surface area (Å²) in [4.78, 5) is 38.3. The summed E-state index contributed by atoms with van der Waals surface area (Å²) in [5.74, 6) is -1.48. The Morgan fingerprint density at radius 1 is 1.03 bits per heavy atom. The zero-order valence-corrected chi connectivity index (χ0v) is 18.2. The average Bonchev–Trinajstić information content (AvgIpc) is 2.98. The van der Waals surface area contributed by atoms with Crippen LogP contribution in [0, 0.1) is 6.92 Å². The van der Waals surface area contributed by atoms with Crippen molar-refractivity contribution in [1.82, 2.24) is 9.36 Å². The van der Waals surface area contributed by atoms with Crippen LogP contribution in [0.25, 0.3) is 5.69 Å². The van der Waals surface area contributed by atoms with Crippen LogP contribution in [0.3, 0.4) is 0 Å². The van der Waals surface area contributed by atoms with Gasteiger partial charge in [0, 0.05) is 7.05 Å². The first kappa shape index (κ1) is 22.1. The van der Waals surface area contributed by atoms with E-state index in [0.717, 1.165) is 5.56 Å². The second-order valence-corrected chi connectivity index (χ2v) is 7.38. The zero-order valence-electron chi connectivity index (χ0n) is 18.2. The number of benzene rings is 2. The van der Waals surface area contributed by atoms with E-state index in [1.165, 1.54) is 11.6 Å². The van der Waals surface area contributed by atoms with Gasteiger partial charge in [-0.05, 0) is 38.0 Å². The molecule has 0 fully saturated rings. The molecule has 0 aliphatic heterocycles. The number of carbonyl (C=O) groups excluding carboxylic acids is 2. The van der Waals surface area contributed by atoms with Gasteiger partial charge >= 0.3 is 5.97 Å². The van der Waals surface area contributed by atoms with Gasteiger partial charge in [0.15, 0.2) is 6.10 Å². The molecular weight excluding hydrogens is 394 g/mol. The molecule has 0 spiro atoms. The van der Waals surface area contributed by atoms with Crippen LogP contribution < -0.4 is 10.9 Å². The molecule has 0 saturated carbocycles. The van der Waals surface area contributed by atoms with Crippen LogP contribution >= 0.6 is 0 Å². The number of carbonyl (C=O) groups is 2. The second kappa shape index (κ2) is 9.47. The molecule has 31 heavy (non-hydrogen) atoms. The average molecular weight is 421 g/mol. The number of ether oxygens (including phenoxy) is 1. The lowest BCUT2D eigenvalue weighted by Crippen LogP contribution is -2.33. The molecule has 7 heteroatoms. The fraction of sp³-hybridized carbons (Fsp3) is 0.292. The summed E-state index contributed by atoms with van der Waals surface area (Å²) in [7, 11) is 1.74. The van der Waals surface area contributed by atoms with Gasteiger partial charge in [-0.3, -0.25) is 19.1 Å². The molecule has 0 saturated heterocycles. The van der Waals surface area contributed by atoms with E-state index < -0.39 is 23.9 Å². The van der Waals surface area contributed by atoms with Gasteiger partial charge in [0.1, 0.15) is 5.69 Å². The highest BCUT2D eigenvalue weighted by molar-refractivity contribution is 5.95. The van der Waals surface area contributed by atoms with Gasteiger partial charge in [-0.15, -0.1) is 0 Å². The Hall–Kier alpha value is -3.61. The molecule has 2 aromatic carbocycles. The molecule has 0 aliphatic rings. The molecule has 3 aromatic rings. The van der Waals surface area contributed by atoms with E-state index in [1.807, 2.05) is 67.6 Å². The van der Waals surface area contributed by atoms with Gasteiger partial charge in [-0.25, -0.2) is 4.68 Å². The molecule has 0 unspecified atom stereocenters. The fourth-order valence-electron chi connectivity index (χ4n) is 3.47. The van der Waals surface area contributed by atoms with Crippen LogP contribution in [0.15, 0.2) is 65.5 Å². The third-order valence-electron chi connectivity index (χ3n) is 5.36. The molecule has 0 bridgehead atoms.